The lowest BCUT2D eigenvalue weighted by Gasteiger charge is -2.12. The van der Waals surface area contributed by atoms with Crippen molar-refractivity contribution < 1.29 is 4.42 Å². The van der Waals surface area contributed by atoms with Crippen LogP contribution in [0.4, 0.5) is 0 Å². The summed E-state index contributed by atoms with van der Waals surface area (Å²) in [5.74, 6) is 0.706. The standard InChI is InChI=1S/C58H36N2O/c1-3-13-39(14-4-1)53-36-54(60-58(59-53)41-15-5-2-6-16-41)40-25-23-38(24-26-40)51-35-52-56-48(20-11-21-55(56)61-57(52)50-19-10-9-18-49(50)51)47-31-30-45-33-44(28-29-46(45)34-47)43-27-22-37-12-7-8-17-42(37)32-43/h1-36H. The molecule has 3 nitrogen and oxygen atoms in total. The zero-order valence-corrected chi connectivity index (χ0v) is 33.1. The highest BCUT2D eigenvalue weighted by molar-refractivity contribution is 6.22. The van der Waals surface area contributed by atoms with Gasteiger partial charge >= 0.3 is 0 Å². The number of nitrogens with zero attached hydrogens (tertiary/aromatic N) is 2. The van der Waals surface area contributed by atoms with Crippen LogP contribution in [0.1, 0.15) is 0 Å². The van der Waals surface area contributed by atoms with E-state index in [0.29, 0.717) is 5.82 Å². The second-order valence-corrected chi connectivity index (χ2v) is 15.7. The number of benzene rings is 10. The average molecular weight is 777 g/mol. The molecular formula is C58H36N2O. The van der Waals surface area contributed by atoms with Gasteiger partial charge in [-0.15, -0.1) is 0 Å². The van der Waals surface area contributed by atoms with Gasteiger partial charge in [0.05, 0.1) is 11.4 Å². The summed E-state index contributed by atoms with van der Waals surface area (Å²) in [4.78, 5) is 10.1. The molecule has 0 unspecified atom stereocenters. The van der Waals surface area contributed by atoms with Gasteiger partial charge in [0.1, 0.15) is 11.2 Å². The fourth-order valence-corrected chi connectivity index (χ4v) is 8.98. The first-order valence-corrected chi connectivity index (χ1v) is 20.7. The summed E-state index contributed by atoms with van der Waals surface area (Å²) >= 11 is 0. The smallest absolute Gasteiger partial charge is 0.160 e. The van der Waals surface area contributed by atoms with Crippen LogP contribution in [-0.4, -0.2) is 9.97 Å². The van der Waals surface area contributed by atoms with Crippen LogP contribution < -0.4 is 0 Å². The Hall–Kier alpha value is -8.14. The zero-order chi connectivity index (χ0) is 40.3. The number of hydrogen-bond acceptors (Lipinski definition) is 3. The maximum absolute atomic E-state index is 6.76. The number of furan rings is 1. The summed E-state index contributed by atoms with van der Waals surface area (Å²) in [6, 6.07) is 77.6. The highest BCUT2D eigenvalue weighted by Crippen LogP contribution is 2.44. The second-order valence-electron chi connectivity index (χ2n) is 15.7. The summed E-state index contributed by atoms with van der Waals surface area (Å²) in [5, 5.41) is 9.39. The van der Waals surface area contributed by atoms with Crippen molar-refractivity contribution >= 4 is 54.3 Å². The van der Waals surface area contributed by atoms with Gasteiger partial charge in [-0.3, -0.25) is 0 Å². The van der Waals surface area contributed by atoms with Crippen LogP contribution in [0, 0.1) is 0 Å². The van der Waals surface area contributed by atoms with Crippen molar-refractivity contribution in [3.8, 4) is 67.3 Å². The number of aromatic nitrogens is 2. The highest BCUT2D eigenvalue weighted by atomic mass is 16.3. The van der Waals surface area contributed by atoms with Crippen molar-refractivity contribution in [1.29, 1.82) is 0 Å². The van der Waals surface area contributed by atoms with E-state index < -0.39 is 0 Å². The lowest BCUT2D eigenvalue weighted by molar-refractivity contribution is 0.673. The van der Waals surface area contributed by atoms with Gasteiger partial charge in [-0.05, 0) is 96.7 Å². The molecule has 0 fully saturated rings. The van der Waals surface area contributed by atoms with Crippen molar-refractivity contribution in [3.05, 3.63) is 218 Å². The molecule has 0 aliphatic carbocycles. The van der Waals surface area contributed by atoms with Gasteiger partial charge < -0.3 is 4.42 Å². The van der Waals surface area contributed by atoms with Gasteiger partial charge in [0.25, 0.3) is 0 Å². The van der Waals surface area contributed by atoms with Gasteiger partial charge in [0.2, 0.25) is 0 Å². The maximum atomic E-state index is 6.76. The minimum atomic E-state index is 0.706. The summed E-state index contributed by atoms with van der Waals surface area (Å²) in [6.45, 7) is 0. The lowest BCUT2D eigenvalue weighted by atomic mass is 9.92. The summed E-state index contributed by atoms with van der Waals surface area (Å²) in [7, 11) is 0. The molecule has 0 spiro atoms. The number of fused-ring (bicyclic) bond motifs is 7. The van der Waals surface area contributed by atoms with Crippen LogP contribution in [0.3, 0.4) is 0 Å². The summed E-state index contributed by atoms with van der Waals surface area (Å²) in [6.07, 6.45) is 0. The Balaban J connectivity index is 0.956. The molecule has 0 N–H and O–H groups in total. The van der Waals surface area contributed by atoms with E-state index in [1.54, 1.807) is 0 Å². The molecule has 2 heterocycles. The Kier molecular flexibility index (Phi) is 8.17. The summed E-state index contributed by atoms with van der Waals surface area (Å²) in [5.41, 5.74) is 13.7. The maximum Gasteiger partial charge on any atom is 0.160 e. The van der Waals surface area contributed by atoms with Gasteiger partial charge in [-0.2, -0.15) is 0 Å². The molecule has 0 atom stereocenters. The molecule has 12 aromatic rings. The Morgan fingerprint density at radius 1 is 0.295 bits per heavy atom. The van der Waals surface area contributed by atoms with Crippen LogP contribution in [0.15, 0.2) is 223 Å². The average Bonchev–Trinajstić information content (AvgIpc) is 3.73. The molecule has 0 aliphatic heterocycles. The van der Waals surface area contributed by atoms with Crippen molar-refractivity contribution in [1.82, 2.24) is 9.97 Å². The predicted octanol–water partition coefficient (Wildman–Crippen LogP) is 15.8. The van der Waals surface area contributed by atoms with Gasteiger partial charge in [-0.1, -0.05) is 182 Å². The minimum Gasteiger partial charge on any atom is -0.455 e. The van der Waals surface area contributed by atoms with E-state index in [9.17, 15) is 0 Å². The molecule has 0 bridgehead atoms. The Bertz CT molecular complexity index is 3570. The molecule has 2 aromatic heterocycles. The van der Waals surface area contributed by atoms with Crippen molar-refractivity contribution in [2.45, 2.75) is 0 Å². The Morgan fingerprint density at radius 2 is 0.820 bits per heavy atom. The third-order valence-electron chi connectivity index (χ3n) is 12.1. The van der Waals surface area contributed by atoms with E-state index in [4.69, 9.17) is 14.4 Å². The van der Waals surface area contributed by atoms with E-state index in [1.807, 2.05) is 36.4 Å². The molecule has 61 heavy (non-hydrogen) atoms. The third kappa shape index (κ3) is 6.14. The molecule has 0 amide bonds. The lowest BCUT2D eigenvalue weighted by Crippen LogP contribution is -1.95. The topological polar surface area (TPSA) is 38.9 Å². The molecule has 0 aliphatic rings. The van der Waals surface area contributed by atoms with Crippen LogP contribution >= 0.6 is 0 Å². The zero-order valence-electron chi connectivity index (χ0n) is 33.1. The summed E-state index contributed by atoms with van der Waals surface area (Å²) < 4.78 is 6.76. The predicted molar refractivity (Wildman–Crippen MR) is 254 cm³/mol. The third-order valence-corrected chi connectivity index (χ3v) is 12.1. The molecule has 0 saturated carbocycles. The Labute approximate surface area is 352 Å². The van der Waals surface area contributed by atoms with Crippen LogP contribution in [-0.2, 0) is 0 Å². The molecule has 3 heteroatoms. The van der Waals surface area contributed by atoms with Crippen LogP contribution in [0.25, 0.3) is 122 Å². The fourth-order valence-electron chi connectivity index (χ4n) is 8.98. The van der Waals surface area contributed by atoms with Gasteiger partial charge in [0, 0.05) is 32.8 Å². The molecule has 12 rings (SSSR count). The monoisotopic (exact) mass is 776 g/mol. The first kappa shape index (κ1) is 34.9. The van der Waals surface area contributed by atoms with Gasteiger partial charge in [0.15, 0.2) is 5.82 Å². The second kappa shape index (κ2) is 14.3. The normalized spacial score (nSPS) is 11.6. The van der Waals surface area contributed by atoms with E-state index in [2.05, 4.69) is 182 Å². The van der Waals surface area contributed by atoms with Crippen LogP contribution in [0.5, 0.6) is 0 Å². The molecule has 10 aromatic carbocycles. The van der Waals surface area contributed by atoms with Crippen molar-refractivity contribution in [2.24, 2.45) is 0 Å². The SMILES string of the molecule is c1ccc(-c2cc(-c3ccc(-c4cc5c(oc6cccc(-c7ccc8cc(-c9ccc%10ccccc%10c9)ccc8c7)c65)c5ccccc45)cc3)nc(-c3ccccc3)n2)cc1. The largest absolute Gasteiger partial charge is 0.455 e. The Morgan fingerprint density at radius 3 is 1.54 bits per heavy atom. The number of rotatable bonds is 6. The van der Waals surface area contributed by atoms with E-state index >= 15 is 0 Å². The molecule has 284 valence electrons. The first-order valence-electron chi connectivity index (χ1n) is 20.7. The molecule has 0 radical (unpaired) electrons. The van der Waals surface area contributed by atoms with E-state index in [0.717, 1.165) is 83.0 Å². The van der Waals surface area contributed by atoms with Gasteiger partial charge in [-0.25, -0.2) is 9.97 Å². The van der Waals surface area contributed by atoms with E-state index in [-0.39, 0.29) is 0 Å². The molecular weight excluding hydrogens is 741 g/mol. The quantitative estimate of drug-likeness (QED) is 0.169. The first-order chi connectivity index (χ1) is 30.2. The van der Waals surface area contributed by atoms with E-state index in [1.165, 1.54) is 32.7 Å². The molecule has 0 saturated heterocycles. The fraction of sp³-hybridized carbons (Fsp3) is 0. The van der Waals surface area contributed by atoms with Crippen molar-refractivity contribution in [2.75, 3.05) is 0 Å². The number of hydrogen-bond donors (Lipinski definition) is 0. The van der Waals surface area contributed by atoms with Crippen molar-refractivity contribution in [3.63, 3.8) is 0 Å². The van der Waals surface area contributed by atoms with Crippen LogP contribution in [0.2, 0.25) is 0 Å². The minimum absolute atomic E-state index is 0.706. The highest BCUT2D eigenvalue weighted by Gasteiger charge is 2.19.